The molecule has 0 fully saturated rings. The van der Waals surface area contributed by atoms with Crippen LogP contribution < -0.4 is 0 Å². The summed E-state index contributed by atoms with van der Waals surface area (Å²) in [6, 6.07) is 19.5. The van der Waals surface area contributed by atoms with Crippen molar-refractivity contribution in [3.8, 4) is 16.8 Å². The number of aromatic nitrogens is 2. The Hall–Kier alpha value is -2.68. The summed E-state index contributed by atoms with van der Waals surface area (Å²) in [6.07, 6.45) is 2.68. The second-order valence-corrected chi connectivity index (χ2v) is 4.19. The summed E-state index contributed by atoms with van der Waals surface area (Å²) < 4.78 is 1.73. The van der Waals surface area contributed by atoms with E-state index in [2.05, 4.69) is 5.10 Å². The fourth-order valence-corrected chi connectivity index (χ4v) is 2.03. The summed E-state index contributed by atoms with van der Waals surface area (Å²) in [5, 5.41) is 4.32. The van der Waals surface area contributed by atoms with Crippen LogP contribution in [0.1, 0.15) is 10.5 Å². The van der Waals surface area contributed by atoms with Crippen molar-refractivity contribution in [3.05, 3.63) is 72.6 Å². The number of hydrogen-bond donors (Lipinski definition) is 0. The molecule has 0 bridgehead atoms. The maximum atomic E-state index is 11.2. The molecule has 1 aromatic heterocycles. The number of rotatable bonds is 3. The summed E-state index contributed by atoms with van der Waals surface area (Å²) in [4.78, 5) is 11.2. The van der Waals surface area contributed by atoms with Crippen molar-refractivity contribution >= 4 is 6.29 Å². The van der Waals surface area contributed by atoms with Crippen molar-refractivity contribution in [2.45, 2.75) is 0 Å². The normalized spacial score (nSPS) is 10.3. The fourth-order valence-electron chi connectivity index (χ4n) is 2.03. The Bertz CT molecular complexity index is 687. The number of nitrogens with zero attached hydrogens (tertiary/aromatic N) is 2. The molecule has 0 saturated heterocycles. The highest BCUT2D eigenvalue weighted by atomic mass is 16.1. The maximum Gasteiger partial charge on any atom is 0.170 e. The third-order valence-corrected chi connectivity index (χ3v) is 2.96. The second-order valence-electron chi connectivity index (χ2n) is 4.19. The first-order valence-electron chi connectivity index (χ1n) is 6.04. The average Bonchev–Trinajstić information content (AvgIpc) is 2.93. The Kier molecular flexibility index (Phi) is 2.94. The molecule has 0 aliphatic heterocycles. The number of carbonyl (C=O) groups is 1. The topological polar surface area (TPSA) is 34.9 Å². The summed E-state index contributed by atoms with van der Waals surface area (Å²) in [5.74, 6) is 0. The van der Waals surface area contributed by atoms with Crippen molar-refractivity contribution < 1.29 is 4.79 Å². The van der Waals surface area contributed by atoms with Crippen molar-refractivity contribution in [2.75, 3.05) is 0 Å². The highest BCUT2D eigenvalue weighted by molar-refractivity contribution is 5.85. The van der Waals surface area contributed by atoms with Gasteiger partial charge in [0.1, 0.15) is 5.69 Å². The summed E-state index contributed by atoms with van der Waals surface area (Å²) >= 11 is 0. The minimum absolute atomic E-state index is 0.454. The van der Waals surface area contributed by atoms with Crippen LogP contribution in [0.4, 0.5) is 0 Å². The van der Waals surface area contributed by atoms with E-state index in [1.54, 1.807) is 4.68 Å². The average molecular weight is 248 g/mol. The van der Waals surface area contributed by atoms with Gasteiger partial charge in [-0.15, -0.1) is 0 Å². The van der Waals surface area contributed by atoms with Gasteiger partial charge in [-0.1, -0.05) is 48.5 Å². The SMILES string of the molecule is O=Cc1nn(-c2ccccc2)cc1-c1ccccc1. The van der Waals surface area contributed by atoms with Crippen LogP contribution in [0.3, 0.4) is 0 Å². The second kappa shape index (κ2) is 4.90. The lowest BCUT2D eigenvalue weighted by Gasteiger charge is -1.99. The highest BCUT2D eigenvalue weighted by Crippen LogP contribution is 2.23. The Balaban J connectivity index is 2.12. The van der Waals surface area contributed by atoms with Gasteiger partial charge in [-0.3, -0.25) is 4.79 Å². The fraction of sp³-hybridized carbons (Fsp3) is 0. The molecule has 92 valence electrons. The van der Waals surface area contributed by atoms with Gasteiger partial charge in [0.25, 0.3) is 0 Å². The molecule has 3 heteroatoms. The van der Waals surface area contributed by atoms with E-state index in [-0.39, 0.29) is 0 Å². The number of hydrogen-bond acceptors (Lipinski definition) is 2. The van der Waals surface area contributed by atoms with E-state index in [1.165, 1.54) is 0 Å². The maximum absolute atomic E-state index is 11.2. The Morgan fingerprint density at radius 3 is 2.16 bits per heavy atom. The van der Waals surface area contributed by atoms with Crippen LogP contribution >= 0.6 is 0 Å². The molecule has 0 spiro atoms. The number of para-hydroxylation sites is 1. The van der Waals surface area contributed by atoms with Crippen molar-refractivity contribution in [3.63, 3.8) is 0 Å². The molecule has 0 unspecified atom stereocenters. The standard InChI is InChI=1S/C16H12N2O/c19-12-16-15(13-7-3-1-4-8-13)11-18(17-16)14-9-5-2-6-10-14/h1-12H. The van der Waals surface area contributed by atoms with Crippen LogP contribution in [0.15, 0.2) is 66.9 Å². The van der Waals surface area contributed by atoms with E-state index in [0.717, 1.165) is 23.1 Å². The molecule has 1 heterocycles. The van der Waals surface area contributed by atoms with Gasteiger partial charge in [0.05, 0.1) is 5.69 Å². The molecule has 0 amide bonds. The number of benzene rings is 2. The Morgan fingerprint density at radius 1 is 0.895 bits per heavy atom. The van der Waals surface area contributed by atoms with E-state index in [1.807, 2.05) is 66.9 Å². The molecule has 3 nitrogen and oxygen atoms in total. The molecule has 19 heavy (non-hydrogen) atoms. The minimum Gasteiger partial charge on any atom is -0.296 e. The number of aldehydes is 1. The lowest BCUT2D eigenvalue weighted by atomic mass is 10.1. The zero-order valence-electron chi connectivity index (χ0n) is 10.2. The largest absolute Gasteiger partial charge is 0.296 e. The molecule has 3 aromatic rings. The summed E-state index contributed by atoms with van der Waals surface area (Å²) in [6.45, 7) is 0. The molecular weight excluding hydrogens is 236 g/mol. The lowest BCUT2D eigenvalue weighted by molar-refractivity contribution is 0.111. The van der Waals surface area contributed by atoms with Crippen LogP contribution in [0, 0.1) is 0 Å². The van der Waals surface area contributed by atoms with Crippen LogP contribution in [0.2, 0.25) is 0 Å². The molecule has 0 saturated carbocycles. The first-order valence-corrected chi connectivity index (χ1v) is 6.04. The molecule has 0 aliphatic rings. The first kappa shape index (κ1) is 11.4. The van der Waals surface area contributed by atoms with Crippen molar-refractivity contribution in [1.29, 1.82) is 0 Å². The third kappa shape index (κ3) is 2.18. The van der Waals surface area contributed by atoms with Crippen molar-refractivity contribution in [1.82, 2.24) is 9.78 Å². The molecule has 0 N–H and O–H groups in total. The number of carbonyl (C=O) groups excluding carboxylic acids is 1. The lowest BCUT2D eigenvalue weighted by Crippen LogP contribution is -1.94. The van der Waals surface area contributed by atoms with Crippen LogP contribution in [0.25, 0.3) is 16.8 Å². The van der Waals surface area contributed by atoms with E-state index in [0.29, 0.717) is 5.69 Å². The molecule has 0 atom stereocenters. The highest BCUT2D eigenvalue weighted by Gasteiger charge is 2.10. The van der Waals surface area contributed by atoms with Gasteiger partial charge in [-0.2, -0.15) is 5.10 Å². The van der Waals surface area contributed by atoms with E-state index in [4.69, 9.17) is 0 Å². The predicted molar refractivity (Wildman–Crippen MR) is 74.4 cm³/mol. The summed E-state index contributed by atoms with van der Waals surface area (Å²) in [5.41, 5.74) is 3.23. The molecular formula is C16H12N2O. The monoisotopic (exact) mass is 248 g/mol. The van der Waals surface area contributed by atoms with Crippen molar-refractivity contribution in [2.24, 2.45) is 0 Å². The molecule has 3 rings (SSSR count). The van der Waals surface area contributed by atoms with Gasteiger partial charge >= 0.3 is 0 Å². The van der Waals surface area contributed by atoms with Gasteiger partial charge in [-0.25, -0.2) is 4.68 Å². The zero-order valence-corrected chi connectivity index (χ0v) is 10.2. The predicted octanol–water partition coefficient (Wildman–Crippen LogP) is 3.35. The van der Waals surface area contributed by atoms with Gasteiger partial charge in [0, 0.05) is 11.8 Å². The first-order chi connectivity index (χ1) is 9.38. The molecule has 2 aromatic carbocycles. The van der Waals surface area contributed by atoms with Gasteiger partial charge in [0.15, 0.2) is 6.29 Å². The van der Waals surface area contributed by atoms with Crippen LogP contribution in [-0.4, -0.2) is 16.1 Å². The van der Waals surface area contributed by atoms with E-state index < -0.39 is 0 Å². The van der Waals surface area contributed by atoms with E-state index >= 15 is 0 Å². The zero-order chi connectivity index (χ0) is 13.1. The summed E-state index contributed by atoms with van der Waals surface area (Å²) in [7, 11) is 0. The smallest absolute Gasteiger partial charge is 0.170 e. The minimum atomic E-state index is 0.454. The third-order valence-electron chi connectivity index (χ3n) is 2.96. The Labute approximate surface area is 111 Å². The van der Waals surface area contributed by atoms with Gasteiger partial charge < -0.3 is 0 Å². The van der Waals surface area contributed by atoms with E-state index in [9.17, 15) is 4.79 Å². The molecule has 0 radical (unpaired) electrons. The van der Waals surface area contributed by atoms with Gasteiger partial charge in [-0.05, 0) is 17.7 Å². The quantitative estimate of drug-likeness (QED) is 0.666. The molecule has 0 aliphatic carbocycles. The van der Waals surface area contributed by atoms with Gasteiger partial charge in [0.2, 0.25) is 0 Å². The Morgan fingerprint density at radius 2 is 1.53 bits per heavy atom. The van der Waals surface area contributed by atoms with Crippen LogP contribution in [-0.2, 0) is 0 Å². The van der Waals surface area contributed by atoms with Crippen LogP contribution in [0.5, 0.6) is 0 Å².